The Kier molecular flexibility index (Phi) is 5.65. The maximum Gasteiger partial charge on any atom is 0.410 e. The van der Waals surface area contributed by atoms with Crippen molar-refractivity contribution >= 4 is 20.1 Å². The van der Waals surface area contributed by atoms with E-state index in [0.717, 1.165) is 18.4 Å². The summed E-state index contributed by atoms with van der Waals surface area (Å²) in [4.78, 5) is 27.1. The van der Waals surface area contributed by atoms with Crippen molar-refractivity contribution in [2.45, 2.75) is 103 Å². The first-order valence-corrected chi connectivity index (χ1v) is 13.1. The highest BCUT2D eigenvalue weighted by Gasteiger charge is 2.52. The van der Waals surface area contributed by atoms with Crippen LogP contribution in [0.1, 0.15) is 67.7 Å². The average molecular weight is 396 g/mol. The van der Waals surface area contributed by atoms with Crippen LogP contribution in [-0.2, 0) is 14.3 Å². The number of hydrogen-bond donors (Lipinski definition) is 0. The number of likely N-dealkylation sites (tertiary alicyclic amines) is 1. The minimum Gasteiger partial charge on any atom is -0.453 e. The molecule has 1 amide bonds. The molecule has 0 aromatic heterocycles. The molecule has 0 radical (unpaired) electrons. The Labute approximate surface area is 165 Å². The van der Waals surface area contributed by atoms with Gasteiger partial charge in [-0.3, -0.25) is 0 Å². The Morgan fingerprint density at radius 1 is 1.26 bits per heavy atom. The molecule has 2 fully saturated rings. The van der Waals surface area contributed by atoms with Gasteiger partial charge < -0.3 is 14.4 Å². The van der Waals surface area contributed by atoms with Crippen LogP contribution in [0.5, 0.6) is 0 Å². The van der Waals surface area contributed by atoms with E-state index in [1.54, 1.807) is 4.90 Å². The van der Waals surface area contributed by atoms with Crippen molar-refractivity contribution in [1.82, 2.24) is 4.90 Å². The lowest BCUT2D eigenvalue weighted by atomic mass is 9.90. The maximum absolute atomic E-state index is 12.7. The first-order valence-electron chi connectivity index (χ1n) is 10.0. The second-order valence-electron chi connectivity index (χ2n) is 10.9. The summed E-state index contributed by atoms with van der Waals surface area (Å²) in [6.07, 6.45) is 1.97. The SMILES string of the molecule is CC(C)(C)OC(=O)N1CCC[C@H]1[C@]1(C)C/C(=C\[Si](C)(C)C(C)(C)C)C(=O)O1. The fraction of sp³-hybridized carbons (Fsp3) is 0.810. The van der Waals surface area contributed by atoms with Gasteiger partial charge in [-0.2, -0.15) is 0 Å². The van der Waals surface area contributed by atoms with Gasteiger partial charge in [0, 0.05) is 18.5 Å². The van der Waals surface area contributed by atoms with Crippen molar-refractivity contribution < 1.29 is 19.1 Å². The van der Waals surface area contributed by atoms with Crippen LogP contribution in [0.4, 0.5) is 4.79 Å². The Morgan fingerprint density at radius 2 is 1.85 bits per heavy atom. The number of carbonyl (C=O) groups is 2. The Hall–Kier alpha value is -1.30. The van der Waals surface area contributed by atoms with Gasteiger partial charge in [-0.15, -0.1) is 0 Å². The van der Waals surface area contributed by atoms with Gasteiger partial charge in [0.25, 0.3) is 0 Å². The zero-order chi connectivity index (χ0) is 20.8. The smallest absolute Gasteiger partial charge is 0.410 e. The molecule has 0 spiro atoms. The molecule has 2 aliphatic rings. The first kappa shape index (κ1) is 22.0. The lowest BCUT2D eigenvalue weighted by Crippen LogP contribution is -2.51. The molecule has 0 saturated carbocycles. The summed E-state index contributed by atoms with van der Waals surface area (Å²) >= 11 is 0. The van der Waals surface area contributed by atoms with Crippen LogP contribution in [0.15, 0.2) is 11.3 Å². The highest BCUT2D eigenvalue weighted by molar-refractivity contribution is 6.85. The van der Waals surface area contributed by atoms with Crippen LogP contribution in [0.2, 0.25) is 18.1 Å². The second kappa shape index (κ2) is 6.94. The van der Waals surface area contributed by atoms with Gasteiger partial charge in [0.2, 0.25) is 0 Å². The molecule has 0 bridgehead atoms. The van der Waals surface area contributed by atoms with Crippen LogP contribution in [0.25, 0.3) is 0 Å². The van der Waals surface area contributed by atoms with E-state index in [1.807, 2.05) is 27.7 Å². The number of esters is 1. The number of carbonyl (C=O) groups excluding carboxylic acids is 2. The monoisotopic (exact) mass is 395 g/mol. The minimum atomic E-state index is -1.75. The fourth-order valence-electron chi connectivity index (χ4n) is 3.65. The van der Waals surface area contributed by atoms with Gasteiger partial charge >= 0.3 is 12.1 Å². The van der Waals surface area contributed by atoms with Crippen molar-refractivity contribution in [3.63, 3.8) is 0 Å². The molecule has 2 rings (SSSR count). The van der Waals surface area contributed by atoms with Crippen LogP contribution >= 0.6 is 0 Å². The third-order valence-corrected chi connectivity index (χ3v) is 11.1. The number of cyclic esters (lactones) is 1. The van der Waals surface area contributed by atoms with Crippen molar-refractivity contribution in [2.75, 3.05) is 6.54 Å². The Morgan fingerprint density at radius 3 is 2.37 bits per heavy atom. The lowest BCUT2D eigenvalue weighted by Gasteiger charge is -2.37. The third kappa shape index (κ3) is 4.76. The van der Waals surface area contributed by atoms with Crippen molar-refractivity contribution in [2.24, 2.45) is 0 Å². The molecule has 2 atom stereocenters. The Bertz CT molecular complexity index is 642. The van der Waals surface area contributed by atoms with Crippen LogP contribution in [-0.4, -0.2) is 48.8 Å². The number of ether oxygens (including phenoxy) is 2. The van der Waals surface area contributed by atoms with E-state index < -0.39 is 19.3 Å². The van der Waals surface area contributed by atoms with Gasteiger partial charge in [-0.25, -0.2) is 9.59 Å². The molecule has 6 heteroatoms. The number of rotatable bonds is 2. The molecular formula is C21H37NO4Si. The van der Waals surface area contributed by atoms with Gasteiger partial charge in [0.15, 0.2) is 0 Å². The summed E-state index contributed by atoms with van der Waals surface area (Å²) in [6, 6.07) is -0.137. The topological polar surface area (TPSA) is 55.8 Å². The molecule has 2 heterocycles. The van der Waals surface area contributed by atoms with Gasteiger partial charge in [-0.05, 0) is 45.6 Å². The van der Waals surface area contributed by atoms with Gasteiger partial charge in [-0.1, -0.05) is 39.6 Å². The van der Waals surface area contributed by atoms with E-state index in [-0.39, 0.29) is 23.1 Å². The van der Waals surface area contributed by atoms with Gasteiger partial charge in [0.1, 0.15) is 11.2 Å². The third-order valence-electron chi connectivity index (χ3n) is 6.18. The van der Waals surface area contributed by atoms with E-state index in [2.05, 4.69) is 39.6 Å². The van der Waals surface area contributed by atoms with E-state index in [9.17, 15) is 9.59 Å². The summed E-state index contributed by atoms with van der Waals surface area (Å²) in [7, 11) is -1.75. The van der Waals surface area contributed by atoms with E-state index in [1.165, 1.54) is 0 Å². The standard InChI is InChI=1S/C21H37NO4Si/c1-19(2,3)26-18(24)22-12-10-11-16(22)21(7)13-15(17(23)25-21)14-27(8,9)20(4,5)6/h14,16H,10-13H2,1-9H3/b15-14+/t16-,21-/m0/s1. The van der Waals surface area contributed by atoms with E-state index in [0.29, 0.717) is 13.0 Å². The zero-order valence-corrected chi connectivity index (χ0v) is 19.6. The summed E-state index contributed by atoms with van der Waals surface area (Å²) in [5.41, 5.74) is 1.76. The zero-order valence-electron chi connectivity index (χ0n) is 18.6. The van der Waals surface area contributed by atoms with Crippen LogP contribution in [0, 0.1) is 0 Å². The number of nitrogens with zero attached hydrogens (tertiary/aromatic N) is 1. The molecule has 2 aliphatic heterocycles. The molecule has 27 heavy (non-hydrogen) atoms. The van der Waals surface area contributed by atoms with Crippen LogP contribution in [0.3, 0.4) is 0 Å². The predicted molar refractivity (Wildman–Crippen MR) is 110 cm³/mol. The second-order valence-corrected chi connectivity index (χ2v) is 16.1. The highest BCUT2D eigenvalue weighted by atomic mass is 28.3. The summed E-state index contributed by atoms with van der Waals surface area (Å²) < 4.78 is 11.5. The molecule has 0 aromatic carbocycles. The van der Waals surface area contributed by atoms with Gasteiger partial charge in [0.05, 0.1) is 14.1 Å². The van der Waals surface area contributed by atoms with Crippen molar-refractivity contribution in [3.8, 4) is 0 Å². The van der Waals surface area contributed by atoms with E-state index in [4.69, 9.17) is 9.47 Å². The molecule has 0 aliphatic carbocycles. The molecule has 0 aromatic rings. The lowest BCUT2D eigenvalue weighted by molar-refractivity contribution is -0.149. The molecule has 5 nitrogen and oxygen atoms in total. The number of amides is 1. The normalized spacial score (nSPS) is 28.6. The largest absolute Gasteiger partial charge is 0.453 e. The number of hydrogen-bond acceptors (Lipinski definition) is 4. The van der Waals surface area contributed by atoms with Crippen molar-refractivity contribution in [1.29, 1.82) is 0 Å². The predicted octanol–water partition coefficient (Wildman–Crippen LogP) is 5.07. The minimum absolute atomic E-state index is 0.137. The molecule has 2 saturated heterocycles. The Balaban J connectivity index is 2.24. The maximum atomic E-state index is 12.7. The quantitative estimate of drug-likeness (QED) is 0.372. The van der Waals surface area contributed by atoms with Crippen molar-refractivity contribution in [3.05, 3.63) is 11.3 Å². The summed E-state index contributed by atoms with van der Waals surface area (Å²) in [5.74, 6) is -0.224. The highest BCUT2D eigenvalue weighted by Crippen LogP contribution is 2.43. The first-order chi connectivity index (χ1) is 12.1. The van der Waals surface area contributed by atoms with Crippen LogP contribution < -0.4 is 0 Å². The van der Waals surface area contributed by atoms with E-state index >= 15 is 0 Å². The molecule has 0 unspecified atom stereocenters. The molecular weight excluding hydrogens is 358 g/mol. The average Bonchev–Trinajstić information content (AvgIpc) is 3.02. The summed E-state index contributed by atoms with van der Waals surface area (Å²) in [6.45, 7) is 19.5. The summed E-state index contributed by atoms with van der Waals surface area (Å²) in [5, 5.41) is 0.162. The fourth-order valence-corrected chi connectivity index (χ4v) is 5.18. The molecule has 0 N–H and O–H groups in total. The molecule has 154 valence electrons.